The Bertz CT molecular complexity index is 457. The van der Waals surface area contributed by atoms with Crippen molar-refractivity contribution in [1.29, 1.82) is 0 Å². The Morgan fingerprint density at radius 1 is 1.50 bits per heavy atom. The second kappa shape index (κ2) is 6.22. The van der Waals surface area contributed by atoms with Crippen LogP contribution in [0.2, 0.25) is 0 Å². The maximum Gasteiger partial charge on any atom is 0.256 e. The van der Waals surface area contributed by atoms with Crippen LogP contribution in [0.25, 0.3) is 0 Å². The Hall–Kier alpha value is -1.62. The van der Waals surface area contributed by atoms with Crippen molar-refractivity contribution in [3.05, 3.63) is 23.9 Å². The molecular weight excluding hydrogens is 254 g/mol. The lowest BCUT2D eigenvalue weighted by atomic mass is 10.0. The number of ether oxygens (including phenoxy) is 1. The topological polar surface area (TPSA) is 54.5 Å². The maximum absolute atomic E-state index is 12.6. The summed E-state index contributed by atoms with van der Waals surface area (Å²) in [5.74, 6) is 0.831. The summed E-state index contributed by atoms with van der Waals surface area (Å²) in [7, 11) is 0. The lowest BCUT2D eigenvalue weighted by molar-refractivity contribution is -0.0370. The molecule has 1 aromatic rings. The van der Waals surface area contributed by atoms with Gasteiger partial charge in [-0.3, -0.25) is 4.79 Å². The molecule has 1 saturated heterocycles. The standard InChI is InChI=1S/C15H23N3O2/c1-4-7-16-13-6-5-12(10-17-13)14(19)18-8-9-20-11-15(18,2)3/h5-6,10H,4,7-9,11H2,1-3H3,(H,16,17). The monoisotopic (exact) mass is 277 g/mol. The quantitative estimate of drug-likeness (QED) is 0.916. The molecule has 0 radical (unpaired) electrons. The number of nitrogens with one attached hydrogen (secondary N) is 1. The molecule has 5 nitrogen and oxygen atoms in total. The van der Waals surface area contributed by atoms with E-state index in [9.17, 15) is 4.79 Å². The highest BCUT2D eigenvalue weighted by Crippen LogP contribution is 2.21. The highest BCUT2D eigenvalue weighted by atomic mass is 16.5. The van der Waals surface area contributed by atoms with Crippen molar-refractivity contribution in [1.82, 2.24) is 9.88 Å². The van der Waals surface area contributed by atoms with Crippen LogP contribution in [0.4, 0.5) is 5.82 Å². The molecular formula is C15H23N3O2. The van der Waals surface area contributed by atoms with E-state index in [2.05, 4.69) is 17.2 Å². The fourth-order valence-electron chi connectivity index (χ4n) is 2.27. The lowest BCUT2D eigenvalue weighted by Gasteiger charge is -2.42. The molecule has 0 aromatic carbocycles. The first-order valence-electron chi connectivity index (χ1n) is 7.14. The van der Waals surface area contributed by atoms with Crippen molar-refractivity contribution in [2.24, 2.45) is 0 Å². The van der Waals surface area contributed by atoms with E-state index < -0.39 is 0 Å². The fourth-order valence-corrected chi connectivity index (χ4v) is 2.27. The Labute approximate surface area is 120 Å². The third-order valence-electron chi connectivity index (χ3n) is 3.46. The molecule has 0 aliphatic carbocycles. The number of amides is 1. The molecule has 1 N–H and O–H groups in total. The molecule has 2 heterocycles. The molecule has 0 atom stereocenters. The average molecular weight is 277 g/mol. The van der Waals surface area contributed by atoms with E-state index in [1.54, 1.807) is 6.20 Å². The maximum atomic E-state index is 12.6. The second-order valence-electron chi connectivity index (χ2n) is 5.68. The molecule has 0 saturated carbocycles. The number of rotatable bonds is 4. The van der Waals surface area contributed by atoms with Crippen LogP contribution in [0.5, 0.6) is 0 Å². The van der Waals surface area contributed by atoms with Gasteiger partial charge >= 0.3 is 0 Å². The SMILES string of the molecule is CCCNc1ccc(C(=O)N2CCOCC2(C)C)cn1. The molecule has 110 valence electrons. The summed E-state index contributed by atoms with van der Waals surface area (Å²) in [6, 6.07) is 3.69. The molecule has 0 spiro atoms. The molecule has 1 aromatic heterocycles. The van der Waals surface area contributed by atoms with Crippen LogP contribution in [0.1, 0.15) is 37.6 Å². The number of hydrogen-bond donors (Lipinski definition) is 1. The second-order valence-corrected chi connectivity index (χ2v) is 5.68. The van der Waals surface area contributed by atoms with Crippen molar-refractivity contribution in [2.75, 3.05) is 31.6 Å². The van der Waals surface area contributed by atoms with Crippen molar-refractivity contribution >= 4 is 11.7 Å². The number of carbonyl (C=O) groups excluding carboxylic acids is 1. The zero-order valence-corrected chi connectivity index (χ0v) is 12.5. The van der Waals surface area contributed by atoms with Gasteiger partial charge < -0.3 is 15.0 Å². The number of morpholine rings is 1. The average Bonchev–Trinajstić information content (AvgIpc) is 2.44. The van der Waals surface area contributed by atoms with E-state index >= 15 is 0 Å². The minimum atomic E-state index is -0.269. The van der Waals surface area contributed by atoms with Gasteiger partial charge in [0.05, 0.1) is 24.3 Å². The van der Waals surface area contributed by atoms with Crippen LogP contribution in [-0.2, 0) is 4.74 Å². The van der Waals surface area contributed by atoms with Crippen molar-refractivity contribution in [3.63, 3.8) is 0 Å². The van der Waals surface area contributed by atoms with Gasteiger partial charge in [0.1, 0.15) is 5.82 Å². The molecule has 2 rings (SSSR count). The molecule has 0 unspecified atom stereocenters. The predicted octanol–water partition coefficient (Wildman–Crippen LogP) is 2.15. The van der Waals surface area contributed by atoms with Crippen molar-refractivity contribution in [2.45, 2.75) is 32.7 Å². The van der Waals surface area contributed by atoms with Crippen molar-refractivity contribution < 1.29 is 9.53 Å². The van der Waals surface area contributed by atoms with Gasteiger partial charge in [-0.15, -0.1) is 0 Å². The Kier molecular flexibility index (Phi) is 4.60. The van der Waals surface area contributed by atoms with E-state index in [1.807, 2.05) is 30.9 Å². The van der Waals surface area contributed by atoms with Gasteiger partial charge in [0, 0.05) is 19.3 Å². The summed E-state index contributed by atoms with van der Waals surface area (Å²) in [6.07, 6.45) is 2.69. The molecule has 1 aliphatic rings. The summed E-state index contributed by atoms with van der Waals surface area (Å²) in [6.45, 7) is 8.83. The van der Waals surface area contributed by atoms with E-state index in [0.717, 1.165) is 18.8 Å². The molecule has 1 aliphatic heterocycles. The largest absolute Gasteiger partial charge is 0.377 e. The third-order valence-corrected chi connectivity index (χ3v) is 3.46. The van der Waals surface area contributed by atoms with Crippen LogP contribution in [0.15, 0.2) is 18.3 Å². The molecule has 5 heteroatoms. The smallest absolute Gasteiger partial charge is 0.256 e. The normalized spacial score (nSPS) is 17.9. The van der Waals surface area contributed by atoms with Gasteiger partial charge in [0.25, 0.3) is 5.91 Å². The summed E-state index contributed by atoms with van der Waals surface area (Å²) in [4.78, 5) is 18.7. The number of pyridine rings is 1. The minimum absolute atomic E-state index is 0.0211. The van der Waals surface area contributed by atoms with Gasteiger partial charge in [0.15, 0.2) is 0 Å². The highest BCUT2D eigenvalue weighted by Gasteiger charge is 2.34. The zero-order chi connectivity index (χ0) is 14.6. The number of hydrogen-bond acceptors (Lipinski definition) is 4. The lowest BCUT2D eigenvalue weighted by Crippen LogP contribution is -2.55. The van der Waals surface area contributed by atoms with Crippen molar-refractivity contribution in [3.8, 4) is 0 Å². The van der Waals surface area contributed by atoms with Gasteiger partial charge in [-0.05, 0) is 32.4 Å². The van der Waals surface area contributed by atoms with E-state index in [-0.39, 0.29) is 11.4 Å². The van der Waals surface area contributed by atoms with Crippen LogP contribution >= 0.6 is 0 Å². The fraction of sp³-hybridized carbons (Fsp3) is 0.600. The summed E-state index contributed by atoms with van der Waals surface area (Å²) in [5, 5.41) is 3.20. The zero-order valence-electron chi connectivity index (χ0n) is 12.5. The third kappa shape index (κ3) is 3.28. The van der Waals surface area contributed by atoms with Crippen LogP contribution in [0, 0.1) is 0 Å². The molecule has 20 heavy (non-hydrogen) atoms. The molecule has 0 bridgehead atoms. The molecule has 1 amide bonds. The number of carbonyl (C=O) groups is 1. The van der Waals surface area contributed by atoms with Crippen LogP contribution in [0.3, 0.4) is 0 Å². The summed E-state index contributed by atoms with van der Waals surface area (Å²) in [5.41, 5.74) is 0.357. The first-order chi connectivity index (χ1) is 9.54. The number of aromatic nitrogens is 1. The first-order valence-corrected chi connectivity index (χ1v) is 7.14. The number of anilines is 1. The van der Waals surface area contributed by atoms with E-state index in [1.165, 1.54) is 0 Å². The van der Waals surface area contributed by atoms with Gasteiger partial charge in [-0.2, -0.15) is 0 Å². The van der Waals surface area contributed by atoms with E-state index in [4.69, 9.17) is 4.74 Å². The van der Waals surface area contributed by atoms with Gasteiger partial charge in [-0.1, -0.05) is 6.92 Å². The van der Waals surface area contributed by atoms with E-state index in [0.29, 0.717) is 25.3 Å². The van der Waals surface area contributed by atoms with Crippen LogP contribution in [-0.4, -0.2) is 47.6 Å². The highest BCUT2D eigenvalue weighted by molar-refractivity contribution is 5.94. The summed E-state index contributed by atoms with van der Waals surface area (Å²) < 4.78 is 5.44. The first kappa shape index (κ1) is 14.8. The predicted molar refractivity (Wildman–Crippen MR) is 79.0 cm³/mol. The Morgan fingerprint density at radius 2 is 2.30 bits per heavy atom. The number of nitrogens with zero attached hydrogens (tertiary/aromatic N) is 2. The van der Waals surface area contributed by atoms with Gasteiger partial charge in [0.2, 0.25) is 0 Å². The minimum Gasteiger partial charge on any atom is -0.377 e. The molecule has 1 fully saturated rings. The Morgan fingerprint density at radius 3 is 2.90 bits per heavy atom. The summed E-state index contributed by atoms with van der Waals surface area (Å²) >= 11 is 0. The Balaban J connectivity index is 2.08. The van der Waals surface area contributed by atoms with Crippen LogP contribution < -0.4 is 5.32 Å². The van der Waals surface area contributed by atoms with Gasteiger partial charge in [-0.25, -0.2) is 4.98 Å².